The van der Waals surface area contributed by atoms with E-state index in [4.69, 9.17) is 0 Å². The summed E-state index contributed by atoms with van der Waals surface area (Å²) in [4.78, 5) is 7.76. The van der Waals surface area contributed by atoms with Gasteiger partial charge in [0.1, 0.15) is 18.0 Å². The van der Waals surface area contributed by atoms with Crippen molar-refractivity contribution in [3.63, 3.8) is 0 Å². The summed E-state index contributed by atoms with van der Waals surface area (Å²) >= 11 is 0. The Morgan fingerprint density at radius 1 is 1.56 bits per heavy atom. The third-order valence-corrected chi connectivity index (χ3v) is 2.23. The van der Waals surface area contributed by atoms with Crippen LogP contribution in [0.4, 0.5) is 4.39 Å². The fraction of sp³-hybridized carbons (Fsp3) is 0.300. The molecule has 0 aliphatic heterocycles. The van der Waals surface area contributed by atoms with Gasteiger partial charge in [-0.2, -0.15) is 5.10 Å². The van der Waals surface area contributed by atoms with Gasteiger partial charge in [-0.1, -0.05) is 6.92 Å². The van der Waals surface area contributed by atoms with Crippen LogP contribution in [0.2, 0.25) is 0 Å². The number of nitrogens with one attached hydrogen (secondary N) is 2. The highest BCUT2D eigenvalue weighted by Gasteiger charge is 2.19. The Morgan fingerprint density at radius 2 is 2.44 bits per heavy atom. The third kappa shape index (κ3) is 2.06. The lowest BCUT2D eigenvalue weighted by molar-refractivity contribution is 0.540. The average Bonchev–Trinajstić information content (AvgIpc) is 2.80. The van der Waals surface area contributed by atoms with E-state index in [1.807, 2.05) is 6.92 Å². The second-order valence-electron chi connectivity index (χ2n) is 3.26. The Labute approximate surface area is 92.1 Å². The SMILES string of the molecule is CCNC(c1ncn[nH]1)c1ccncc1F. The summed E-state index contributed by atoms with van der Waals surface area (Å²) < 4.78 is 13.6. The molecule has 2 N–H and O–H groups in total. The van der Waals surface area contributed by atoms with E-state index in [0.717, 1.165) is 0 Å². The Hall–Kier alpha value is -1.82. The number of H-pyrrole nitrogens is 1. The molecule has 2 heterocycles. The summed E-state index contributed by atoms with van der Waals surface area (Å²) in [5, 5.41) is 9.64. The smallest absolute Gasteiger partial charge is 0.146 e. The van der Waals surface area contributed by atoms with Gasteiger partial charge in [0, 0.05) is 11.8 Å². The molecule has 5 nitrogen and oxygen atoms in total. The second-order valence-corrected chi connectivity index (χ2v) is 3.26. The number of pyridine rings is 1. The van der Waals surface area contributed by atoms with Gasteiger partial charge in [0.2, 0.25) is 0 Å². The molecule has 1 atom stereocenters. The molecule has 0 aliphatic carbocycles. The van der Waals surface area contributed by atoms with Crippen LogP contribution in [-0.4, -0.2) is 26.7 Å². The lowest BCUT2D eigenvalue weighted by atomic mass is 10.1. The highest BCUT2D eigenvalue weighted by atomic mass is 19.1. The van der Waals surface area contributed by atoms with Crippen LogP contribution in [-0.2, 0) is 0 Å². The summed E-state index contributed by atoms with van der Waals surface area (Å²) in [5.74, 6) is 0.233. The number of halogens is 1. The molecule has 2 aromatic heterocycles. The molecule has 0 aliphatic rings. The van der Waals surface area contributed by atoms with Crippen LogP contribution in [0, 0.1) is 5.82 Å². The van der Waals surface area contributed by atoms with Crippen molar-refractivity contribution < 1.29 is 4.39 Å². The monoisotopic (exact) mass is 221 g/mol. The van der Waals surface area contributed by atoms with E-state index < -0.39 is 0 Å². The topological polar surface area (TPSA) is 66.5 Å². The van der Waals surface area contributed by atoms with Gasteiger partial charge in [0.15, 0.2) is 0 Å². The Balaban J connectivity index is 2.37. The zero-order valence-corrected chi connectivity index (χ0v) is 8.81. The third-order valence-electron chi connectivity index (χ3n) is 2.23. The number of aromatic nitrogens is 4. The molecule has 0 fully saturated rings. The molecule has 6 heteroatoms. The number of hydrogen-bond acceptors (Lipinski definition) is 4. The van der Waals surface area contributed by atoms with Crippen molar-refractivity contribution in [1.82, 2.24) is 25.5 Å². The molecule has 84 valence electrons. The first-order chi connectivity index (χ1) is 7.83. The normalized spacial score (nSPS) is 12.6. The van der Waals surface area contributed by atoms with Gasteiger partial charge < -0.3 is 5.32 Å². The summed E-state index contributed by atoms with van der Waals surface area (Å²) in [6, 6.07) is 1.31. The summed E-state index contributed by atoms with van der Waals surface area (Å²) in [7, 11) is 0. The first-order valence-corrected chi connectivity index (χ1v) is 5.01. The summed E-state index contributed by atoms with van der Waals surface area (Å²) in [6.45, 7) is 2.65. The fourth-order valence-corrected chi connectivity index (χ4v) is 1.53. The maximum absolute atomic E-state index is 13.6. The van der Waals surface area contributed by atoms with Gasteiger partial charge in [0.05, 0.1) is 12.2 Å². The summed E-state index contributed by atoms with van der Waals surface area (Å²) in [6.07, 6.45) is 4.15. The van der Waals surface area contributed by atoms with Crippen molar-refractivity contribution in [3.05, 3.63) is 42.0 Å². The number of rotatable bonds is 4. The van der Waals surface area contributed by atoms with Crippen LogP contribution in [0.25, 0.3) is 0 Å². The molecule has 16 heavy (non-hydrogen) atoms. The van der Waals surface area contributed by atoms with Gasteiger partial charge in [-0.05, 0) is 12.6 Å². The van der Waals surface area contributed by atoms with Crippen LogP contribution >= 0.6 is 0 Å². The number of nitrogens with zero attached hydrogens (tertiary/aromatic N) is 3. The number of aromatic amines is 1. The van der Waals surface area contributed by atoms with Gasteiger partial charge in [-0.3, -0.25) is 10.1 Å². The molecule has 0 saturated heterocycles. The van der Waals surface area contributed by atoms with Gasteiger partial charge in [-0.15, -0.1) is 0 Å². The first kappa shape index (κ1) is 10.7. The molecule has 0 radical (unpaired) electrons. The van der Waals surface area contributed by atoms with Crippen LogP contribution in [0.15, 0.2) is 24.8 Å². The maximum Gasteiger partial charge on any atom is 0.146 e. The molecular formula is C10H12FN5. The van der Waals surface area contributed by atoms with Crippen molar-refractivity contribution in [3.8, 4) is 0 Å². The molecule has 0 amide bonds. The van der Waals surface area contributed by atoms with E-state index >= 15 is 0 Å². The molecule has 0 bridgehead atoms. The van der Waals surface area contributed by atoms with Crippen molar-refractivity contribution in [1.29, 1.82) is 0 Å². The Kier molecular flexibility index (Phi) is 3.21. The highest BCUT2D eigenvalue weighted by molar-refractivity contribution is 5.23. The van der Waals surface area contributed by atoms with Crippen LogP contribution in [0.1, 0.15) is 24.4 Å². The molecule has 0 aromatic carbocycles. The quantitative estimate of drug-likeness (QED) is 0.809. The maximum atomic E-state index is 13.6. The zero-order chi connectivity index (χ0) is 11.4. The predicted octanol–water partition coefficient (Wildman–Crippen LogP) is 1.04. The van der Waals surface area contributed by atoms with Gasteiger partial charge >= 0.3 is 0 Å². The molecular weight excluding hydrogens is 209 g/mol. The lowest BCUT2D eigenvalue weighted by Crippen LogP contribution is -2.24. The Bertz CT molecular complexity index is 442. The molecule has 0 spiro atoms. The largest absolute Gasteiger partial charge is 0.304 e. The van der Waals surface area contributed by atoms with Crippen LogP contribution < -0.4 is 5.32 Å². The van der Waals surface area contributed by atoms with Gasteiger partial charge in [0.25, 0.3) is 0 Å². The second kappa shape index (κ2) is 4.80. The van der Waals surface area contributed by atoms with Crippen molar-refractivity contribution >= 4 is 0 Å². The minimum absolute atomic E-state index is 0.324. The van der Waals surface area contributed by atoms with Crippen molar-refractivity contribution in [2.45, 2.75) is 13.0 Å². The van der Waals surface area contributed by atoms with E-state index in [-0.39, 0.29) is 11.9 Å². The predicted molar refractivity (Wildman–Crippen MR) is 56.1 cm³/mol. The molecule has 0 saturated carbocycles. The Morgan fingerprint density at radius 3 is 3.06 bits per heavy atom. The minimum atomic E-state index is -0.357. The fourth-order valence-electron chi connectivity index (χ4n) is 1.53. The van der Waals surface area contributed by atoms with E-state index in [1.54, 1.807) is 12.3 Å². The average molecular weight is 221 g/mol. The number of hydrogen-bond donors (Lipinski definition) is 2. The highest BCUT2D eigenvalue weighted by Crippen LogP contribution is 2.20. The van der Waals surface area contributed by atoms with Crippen LogP contribution in [0.3, 0.4) is 0 Å². The zero-order valence-electron chi connectivity index (χ0n) is 8.81. The first-order valence-electron chi connectivity index (χ1n) is 5.01. The van der Waals surface area contributed by atoms with Gasteiger partial charge in [-0.25, -0.2) is 9.37 Å². The lowest BCUT2D eigenvalue weighted by Gasteiger charge is -2.15. The molecule has 1 unspecified atom stereocenters. The molecule has 2 rings (SSSR count). The molecule has 2 aromatic rings. The van der Waals surface area contributed by atoms with Crippen molar-refractivity contribution in [2.24, 2.45) is 0 Å². The van der Waals surface area contributed by atoms with Crippen molar-refractivity contribution in [2.75, 3.05) is 6.54 Å². The van der Waals surface area contributed by atoms with E-state index in [9.17, 15) is 4.39 Å². The summed E-state index contributed by atoms with van der Waals surface area (Å²) in [5.41, 5.74) is 0.508. The standard InChI is InChI=1S/C10H12FN5/c1-2-13-9(10-14-6-15-16-10)7-3-4-12-5-8(7)11/h3-6,9,13H,2H2,1H3,(H,14,15,16). The minimum Gasteiger partial charge on any atom is -0.304 e. The van der Waals surface area contributed by atoms with Crippen LogP contribution in [0.5, 0.6) is 0 Å². The van der Waals surface area contributed by atoms with E-state index in [0.29, 0.717) is 17.9 Å². The van der Waals surface area contributed by atoms with E-state index in [1.165, 1.54) is 12.5 Å². The van der Waals surface area contributed by atoms with E-state index in [2.05, 4.69) is 25.5 Å².